The number of hydrogen-bond donors (Lipinski definition) is 1. The number of nitrogens with one attached hydrogen (secondary N) is 1. The van der Waals surface area contributed by atoms with Crippen molar-refractivity contribution in [1.82, 2.24) is 10.2 Å². The van der Waals surface area contributed by atoms with E-state index in [1.807, 2.05) is 42.5 Å². The Morgan fingerprint density at radius 1 is 1.19 bits per heavy atom. The van der Waals surface area contributed by atoms with Gasteiger partial charge in [0.25, 0.3) is 5.91 Å². The Bertz CT molecular complexity index is 1080. The van der Waals surface area contributed by atoms with E-state index in [-0.39, 0.29) is 17.6 Å². The molecule has 2 aliphatic heterocycles. The summed E-state index contributed by atoms with van der Waals surface area (Å²) in [5, 5.41) is 3.97. The van der Waals surface area contributed by atoms with E-state index in [4.69, 9.17) is 16.6 Å². The van der Waals surface area contributed by atoms with E-state index in [2.05, 4.69) is 24.2 Å². The van der Waals surface area contributed by atoms with Gasteiger partial charge in [0.2, 0.25) is 5.91 Å². The van der Waals surface area contributed by atoms with Crippen molar-refractivity contribution in [3.8, 4) is 0 Å². The lowest BCUT2D eigenvalue weighted by Gasteiger charge is -2.25. The lowest BCUT2D eigenvalue weighted by atomic mass is 10.0. The van der Waals surface area contributed by atoms with Gasteiger partial charge in [0.1, 0.15) is 11.9 Å². The van der Waals surface area contributed by atoms with E-state index in [1.165, 1.54) is 11.8 Å². The molecule has 0 radical (unpaired) electrons. The van der Waals surface area contributed by atoms with Crippen LogP contribution < -0.4 is 5.32 Å². The second-order valence-corrected chi connectivity index (χ2v) is 9.19. The number of amides is 2. The Balaban J connectivity index is 1.48. The van der Waals surface area contributed by atoms with Crippen molar-refractivity contribution >= 4 is 51.9 Å². The predicted molar refractivity (Wildman–Crippen MR) is 126 cm³/mol. The Morgan fingerprint density at radius 2 is 1.94 bits per heavy atom. The van der Waals surface area contributed by atoms with Crippen molar-refractivity contribution in [2.24, 2.45) is 15.9 Å². The van der Waals surface area contributed by atoms with Gasteiger partial charge < -0.3 is 5.32 Å². The van der Waals surface area contributed by atoms with E-state index in [0.29, 0.717) is 34.9 Å². The molecule has 1 N–H and O–H groups in total. The number of benzene rings is 2. The Kier molecular flexibility index (Phi) is 6.43. The molecule has 2 aromatic rings. The van der Waals surface area contributed by atoms with E-state index in [0.717, 1.165) is 16.8 Å². The van der Waals surface area contributed by atoms with Crippen LogP contribution in [0.15, 0.2) is 58.5 Å². The number of nitrogens with zero attached hydrogens (tertiary/aromatic N) is 3. The summed E-state index contributed by atoms with van der Waals surface area (Å²) in [5.74, 6) is 0.868. The molecule has 0 fully saturated rings. The van der Waals surface area contributed by atoms with E-state index >= 15 is 0 Å². The number of fused-ring (bicyclic) bond motifs is 3. The van der Waals surface area contributed by atoms with Crippen molar-refractivity contribution in [2.45, 2.75) is 32.9 Å². The van der Waals surface area contributed by atoms with Crippen LogP contribution in [0.3, 0.4) is 0 Å². The Hall–Kier alpha value is -2.64. The summed E-state index contributed by atoms with van der Waals surface area (Å²) < 4.78 is 0. The van der Waals surface area contributed by atoms with Crippen molar-refractivity contribution < 1.29 is 9.59 Å². The highest BCUT2D eigenvalue weighted by Crippen LogP contribution is 2.34. The number of carbonyl (C=O) groups is 2. The number of aliphatic imine (C=N–C) groups is 2. The van der Waals surface area contributed by atoms with E-state index < -0.39 is 6.04 Å². The Morgan fingerprint density at radius 3 is 2.71 bits per heavy atom. The van der Waals surface area contributed by atoms with Crippen LogP contribution in [0.1, 0.15) is 31.4 Å². The summed E-state index contributed by atoms with van der Waals surface area (Å²) in [6, 6.07) is 14.6. The number of para-hydroxylation sites is 1. The predicted octanol–water partition coefficient (Wildman–Crippen LogP) is 4.39. The number of rotatable bonds is 6. The lowest BCUT2D eigenvalue weighted by Crippen LogP contribution is -2.41. The second kappa shape index (κ2) is 9.24. The third-order valence-electron chi connectivity index (χ3n) is 5.01. The van der Waals surface area contributed by atoms with Crippen LogP contribution in [0.2, 0.25) is 5.02 Å². The maximum Gasteiger partial charge on any atom is 0.259 e. The highest BCUT2D eigenvalue weighted by atomic mass is 35.5. The average molecular weight is 455 g/mol. The van der Waals surface area contributed by atoms with Crippen LogP contribution in [0, 0.1) is 5.92 Å². The molecule has 4 rings (SSSR count). The van der Waals surface area contributed by atoms with Crippen molar-refractivity contribution in [2.75, 3.05) is 5.75 Å². The van der Waals surface area contributed by atoms with Gasteiger partial charge in [0.15, 0.2) is 5.17 Å². The minimum absolute atomic E-state index is 0.0825. The molecule has 2 amide bonds. The van der Waals surface area contributed by atoms with Crippen LogP contribution in [-0.2, 0) is 16.1 Å². The third kappa shape index (κ3) is 4.67. The molecule has 31 heavy (non-hydrogen) atoms. The fourth-order valence-electron chi connectivity index (χ4n) is 3.52. The Labute approximate surface area is 190 Å². The van der Waals surface area contributed by atoms with Gasteiger partial charge >= 0.3 is 0 Å². The van der Waals surface area contributed by atoms with Gasteiger partial charge in [-0.3, -0.25) is 14.6 Å². The molecule has 0 saturated heterocycles. The highest BCUT2D eigenvalue weighted by molar-refractivity contribution is 8.14. The first-order valence-electron chi connectivity index (χ1n) is 10.2. The van der Waals surface area contributed by atoms with Gasteiger partial charge in [-0.15, -0.1) is 0 Å². The molecule has 6 nitrogen and oxygen atoms in total. The van der Waals surface area contributed by atoms with Crippen molar-refractivity contribution in [3.63, 3.8) is 0 Å². The minimum atomic E-state index is -0.416. The van der Waals surface area contributed by atoms with Crippen LogP contribution >= 0.6 is 23.4 Å². The van der Waals surface area contributed by atoms with Gasteiger partial charge in [-0.25, -0.2) is 9.89 Å². The molecule has 0 spiro atoms. The number of amidine groups is 2. The zero-order valence-corrected chi connectivity index (χ0v) is 18.9. The molecule has 160 valence electrons. The molecule has 8 heteroatoms. The molecular formula is C23H23ClN4O2S. The fourth-order valence-corrected chi connectivity index (χ4v) is 4.55. The summed E-state index contributed by atoms with van der Waals surface area (Å²) in [6.45, 7) is 4.50. The topological polar surface area (TPSA) is 74.1 Å². The van der Waals surface area contributed by atoms with Gasteiger partial charge in [0.05, 0.1) is 11.4 Å². The van der Waals surface area contributed by atoms with Crippen molar-refractivity contribution in [1.29, 1.82) is 0 Å². The average Bonchev–Trinajstić information content (AvgIpc) is 3.07. The first kappa shape index (κ1) is 21.6. The van der Waals surface area contributed by atoms with Crippen LogP contribution in [0.25, 0.3) is 0 Å². The van der Waals surface area contributed by atoms with Gasteiger partial charge in [-0.05, 0) is 36.1 Å². The normalized spacial score (nSPS) is 17.2. The zero-order valence-electron chi connectivity index (χ0n) is 17.3. The van der Waals surface area contributed by atoms with Crippen molar-refractivity contribution in [3.05, 3.63) is 64.7 Å². The molecule has 0 bridgehead atoms. The molecule has 0 aromatic heterocycles. The molecular weight excluding hydrogens is 432 g/mol. The molecule has 2 aromatic carbocycles. The quantitative estimate of drug-likeness (QED) is 0.703. The van der Waals surface area contributed by atoms with Gasteiger partial charge in [-0.1, -0.05) is 67.5 Å². The zero-order chi connectivity index (χ0) is 22.0. The molecule has 1 unspecified atom stereocenters. The van der Waals surface area contributed by atoms with Crippen LogP contribution in [0.4, 0.5) is 5.69 Å². The summed E-state index contributed by atoms with van der Waals surface area (Å²) in [6.07, 6.45) is 0.678. The largest absolute Gasteiger partial charge is 0.351 e. The fraction of sp³-hybridized carbons (Fsp3) is 0.304. The molecule has 2 aliphatic rings. The van der Waals surface area contributed by atoms with E-state index in [1.54, 1.807) is 11.0 Å². The SMILES string of the molecule is CC(C)CC1N=C2c3ccccc3N=C(SCC(=O)NCc3ccccc3Cl)N2C1=O. The molecule has 2 heterocycles. The third-order valence-corrected chi connectivity index (χ3v) is 6.32. The number of thioether (sulfide) groups is 1. The maximum atomic E-state index is 13.1. The first-order chi connectivity index (χ1) is 14.9. The number of carbonyl (C=O) groups excluding carboxylic acids is 2. The summed E-state index contributed by atoms with van der Waals surface area (Å²) in [7, 11) is 0. The second-order valence-electron chi connectivity index (χ2n) is 7.84. The summed E-state index contributed by atoms with van der Waals surface area (Å²) in [4.78, 5) is 36.5. The highest BCUT2D eigenvalue weighted by Gasteiger charge is 2.41. The molecule has 0 aliphatic carbocycles. The van der Waals surface area contributed by atoms with Gasteiger partial charge in [-0.2, -0.15) is 0 Å². The molecule has 0 saturated carbocycles. The summed E-state index contributed by atoms with van der Waals surface area (Å²) in [5.41, 5.74) is 2.45. The monoisotopic (exact) mass is 454 g/mol. The standard InChI is InChI=1S/C23H23ClN4O2S/c1-14(2)11-19-22(30)28-21(26-19)16-8-4-6-10-18(16)27-23(28)31-13-20(29)25-12-15-7-3-5-9-17(15)24/h3-10,14,19H,11-13H2,1-2H3,(H,25,29). The lowest BCUT2D eigenvalue weighted by molar-refractivity contribution is -0.125. The maximum absolute atomic E-state index is 13.1. The minimum Gasteiger partial charge on any atom is -0.351 e. The van der Waals surface area contributed by atoms with E-state index in [9.17, 15) is 9.59 Å². The van der Waals surface area contributed by atoms with Crippen LogP contribution in [0.5, 0.6) is 0 Å². The van der Waals surface area contributed by atoms with Gasteiger partial charge in [0, 0.05) is 17.1 Å². The summed E-state index contributed by atoms with van der Waals surface area (Å²) >= 11 is 7.39. The van der Waals surface area contributed by atoms with Crippen LogP contribution in [-0.4, -0.2) is 39.5 Å². The number of halogens is 1. The first-order valence-corrected chi connectivity index (χ1v) is 11.5. The molecule has 1 atom stereocenters. The number of hydrogen-bond acceptors (Lipinski definition) is 5. The smallest absolute Gasteiger partial charge is 0.259 e.